The highest BCUT2D eigenvalue weighted by atomic mass is 35.5. The Morgan fingerprint density at radius 1 is 1.03 bits per heavy atom. The minimum absolute atomic E-state index is 0.275. The summed E-state index contributed by atoms with van der Waals surface area (Å²) in [5.41, 5.74) is 2.82. The van der Waals surface area contributed by atoms with Crippen molar-refractivity contribution in [2.24, 2.45) is 0 Å². The first-order chi connectivity index (χ1) is 14.4. The number of carbonyl (C=O) groups is 1. The Bertz CT molecular complexity index is 1200. The number of hydrogen-bond acceptors (Lipinski definition) is 3. The number of amides is 1. The summed E-state index contributed by atoms with van der Waals surface area (Å²) < 4.78 is 19.2. The third kappa shape index (κ3) is 4.48. The zero-order valence-electron chi connectivity index (χ0n) is 16.6. The topological polar surface area (TPSA) is 55.1 Å². The lowest BCUT2D eigenvalue weighted by Crippen LogP contribution is -2.11. The highest BCUT2D eigenvalue weighted by molar-refractivity contribution is 6.38. The molecule has 0 spiro atoms. The molecule has 0 atom stereocenters. The molecule has 0 bridgehead atoms. The SMILES string of the molecule is CC.Cc1cc(NC(=O)c2ccc3nc(-c4c(Cl)cccc4Cl)oc3c2)ccc1F. The van der Waals surface area contributed by atoms with Gasteiger partial charge in [-0.1, -0.05) is 43.1 Å². The molecule has 1 N–H and O–H groups in total. The Kier molecular flexibility index (Phi) is 6.75. The fourth-order valence-electron chi connectivity index (χ4n) is 2.80. The minimum atomic E-state index is -0.346. The molecule has 30 heavy (non-hydrogen) atoms. The number of nitrogens with zero attached hydrogens (tertiary/aromatic N) is 1. The fourth-order valence-corrected chi connectivity index (χ4v) is 3.36. The summed E-state index contributed by atoms with van der Waals surface area (Å²) in [7, 11) is 0. The average molecular weight is 445 g/mol. The van der Waals surface area contributed by atoms with E-state index in [-0.39, 0.29) is 17.6 Å². The summed E-state index contributed by atoms with van der Waals surface area (Å²) in [4.78, 5) is 16.9. The van der Waals surface area contributed by atoms with Gasteiger partial charge in [-0.15, -0.1) is 0 Å². The van der Waals surface area contributed by atoms with Crippen molar-refractivity contribution < 1.29 is 13.6 Å². The predicted octanol–water partition coefficient (Wildman–Crippen LogP) is 7.53. The summed E-state index contributed by atoms with van der Waals surface area (Å²) in [6.07, 6.45) is 0. The predicted molar refractivity (Wildman–Crippen MR) is 120 cm³/mol. The second-order valence-corrected chi connectivity index (χ2v) is 7.03. The summed E-state index contributed by atoms with van der Waals surface area (Å²) in [5.74, 6) is -0.397. The summed E-state index contributed by atoms with van der Waals surface area (Å²) in [6.45, 7) is 5.63. The molecule has 7 heteroatoms. The van der Waals surface area contributed by atoms with E-state index >= 15 is 0 Å². The van der Waals surface area contributed by atoms with Gasteiger partial charge in [0.05, 0.1) is 15.6 Å². The molecule has 0 radical (unpaired) electrons. The van der Waals surface area contributed by atoms with Crippen molar-refractivity contribution in [1.29, 1.82) is 0 Å². The molecule has 4 aromatic rings. The smallest absolute Gasteiger partial charge is 0.255 e. The molecule has 3 aromatic carbocycles. The van der Waals surface area contributed by atoms with Crippen LogP contribution >= 0.6 is 23.2 Å². The average Bonchev–Trinajstić information content (AvgIpc) is 3.15. The first-order valence-electron chi connectivity index (χ1n) is 9.35. The van der Waals surface area contributed by atoms with E-state index in [4.69, 9.17) is 27.6 Å². The van der Waals surface area contributed by atoms with Gasteiger partial charge in [0.1, 0.15) is 11.3 Å². The van der Waals surface area contributed by atoms with E-state index < -0.39 is 0 Å². The molecule has 0 aliphatic rings. The van der Waals surface area contributed by atoms with E-state index in [1.54, 1.807) is 49.4 Å². The number of benzene rings is 3. The van der Waals surface area contributed by atoms with E-state index in [2.05, 4.69) is 10.3 Å². The van der Waals surface area contributed by atoms with Crippen LogP contribution in [0.5, 0.6) is 0 Å². The van der Waals surface area contributed by atoms with E-state index in [1.165, 1.54) is 12.1 Å². The van der Waals surface area contributed by atoms with Gasteiger partial charge in [0.2, 0.25) is 5.89 Å². The number of halogens is 3. The molecule has 0 aliphatic carbocycles. The number of anilines is 1. The van der Waals surface area contributed by atoms with Gasteiger partial charge in [-0.05, 0) is 61.0 Å². The van der Waals surface area contributed by atoms with Gasteiger partial charge >= 0.3 is 0 Å². The largest absolute Gasteiger partial charge is 0.436 e. The molecule has 0 aliphatic heterocycles. The molecule has 0 saturated carbocycles. The van der Waals surface area contributed by atoms with Crippen molar-refractivity contribution in [3.8, 4) is 11.5 Å². The minimum Gasteiger partial charge on any atom is -0.436 e. The van der Waals surface area contributed by atoms with Crippen LogP contribution in [0.1, 0.15) is 29.8 Å². The van der Waals surface area contributed by atoms with Crippen molar-refractivity contribution in [3.63, 3.8) is 0 Å². The maximum Gasteiger partial charge on any atom is 0.255 e. The van der Waals surface area contributed by atoms with Gasteiger partial charge in [0.15, 0.2) is 5.58 Å². The quantitative estimate of drug-likeness (QED) is 0.355. The summed E-state index contributed by atoms with van der Waals surface area (Å²) >= 11 is 12.4. The lowest BCUT2D eigenvalue weighted by Gasteiger charge is -2.06. The zero-order chi connectivity index (χ0) is 21.8. The number of aryl methyl sites for hydroxylation is 1. The van der Waals surface area contributed by atoms with Crippen molar-refractivity contribution in [3.05, 3.63) is 81.6 Å². The first kappa shape index (κ1) is 21.8. The lowest BCUT2D eigenvalue weighted by molar-refractivity contribution is 0.102. The van der Waals surface area contributed by atoms with Crippen LogP contribution in [0.25, 0.3) is 22.6 Å². The Labute approximate surface area is 183 Å². The Balaban J connectivity index is 0.00000124. The zero-order valence-corrected chi connectivity index (χ0v) is 18.1. The molecule has 0 saturated heterocycles. The monoisotopic (exact) mass is 444 g/mol. The molecule has 1 amide bonds. The molecule has 0 unspecified atom stereocenters. The van der Waals surface area contributed by atoms with Crippen LogP contribution in [0.3, 0.4) is 0 Å². The Morgan fingerprint density at radius 3 is 2.40 bits per heavy atom. The van der Waals surface area contributed by atoms with E-state index in [1.807, 2.05) is 13.8 Å². The molecule has 4 nitrogen and oxygen atoms in total. The van der Waals surface area contributed by atoms with Crippen molar-refractivity contribution >= 4 is 45.9 Å². The molecule has 1 heterocycles. The van der Waals surface area contributed by atoms with Gasteiger partial charge in [-0.25, -0.2) is 9.37 Å². The second-order valence-electron chi connectivity index (χ2n) is 6.22. The van der Waals surface area contributed by atoms with Crippen LogP contribution in [-0.2, 0) is 0 Å². The highest BCUT2D eigenvalue weighted by Crippen LogP contribution is 2.35. The molecule has 0 fully saturated rings. The van der Waals surface area contributed by atoms with Crippen molar-refractivity contribution in [1.82, 2.24) is 4.98 Å². The van der Waals surface area contributed by atoms with Gasteiger partial charge in [-0.2, -0.15) is 0 Å². The van der Waals surface area contributed by atoms with Crippen LogP contribution < -0.4 is 5.32 Å². The molecular weight excluding hydrogens is 426 g/mol. The van der Waals surface area contributed by atoms with Crippen molar-refractivity contribution in [2.75, 3.05) is 5.32 Å². The van der Waals surface area contributed by atoms with Gasteiger partial charge in [-0.3, -0.25) is 4.79 Å². The number of fused-ring (bicyclic) bond motifs is 1. The van der Waals surface area contributed by atoms with Crippen LogP contribution in [0.15, 0.2) is 59.0 Å². The van der Waals surface area contributed by atoms with Gasteiger partial charge in [0, 0.05) is 11.3 Å². The number of aromatic nitrogens is 1. The molecule has 1 aromatic heterocycles. The maximum absolute atomic E-state index is 13.4. The Hall–Kier alpha value is -2.89. The number of oxazole rings is 1. The number of carbonyl (C=O) groups excluding carboxylic acids is 1. The third-order valence-corrected chi connectivity index (χ3v) is 4.87. The standard InChI is InChI=1S/C21H13Cl2FN2O2.C2H6/c1-11-9-13(6-7-16(11)24)25-20(27)12-5-8-17-18(10-12)28-21(26-17)19-14(22)3-2-4-15(19)23;1-2/h2-10H,1H3,(H,25,27);1-2H3. The normalized spacial score (nSPS) is 10.5. The van der Waals surface area contributed by atoms with Crippen LogP contribution in [-0.4, -0.2) is 10.9 Å². The first-order valence-corrected chi connectivity index (χ1v) is 10.1. The van der Waals surface area contributed by atoms with Gasteiger partial charge < -0.3 is 9.73 Å². The summed E-state index contributed by atoms with van der Waals surface area (Å²) in [5, 5.41) is 3.58. The van der Waals surface area contributed by atoms with Crippen molar-refractivity contribution in [2.45, 2.75) is 20.8 Å². The molecular formula is C23H19Cl2FN2O2. The Morgan fingerprint density at radius 2 is 1.73 bits per heavy atom. The van der Waals surface area contributed by atoms with E-state index in [9.17, 15) is 9.18 Å². The summed E-state index contributed by atoms with van der Waals surface area (Å²) in [6, 6.07) is 14.4. The lowest BCUT2D eigenvalue weighted by atomic mass is 10.1. The number of hydrogen-bond donors (Lipinski definition) is 1. The van der Waals surface area contributed by atoms with Gasteiger partial charge in [0.25, 0.3) is 5.91 Å². The number of nitrogens with one attached hydrogen (secondary N) is 1. The van der Waals surface area contributed by atoms with Crippen LogP contribution in [0.2, 0.25) is 10.0 Å². The maximum atomic E-state index is 13.4. The van der Waals surface area contributed by atoms with Crippen LogP contribution in [0, 0.1) is 12.7 Å². The third-order valence-electron chi connectivity index (χ3n) is 4.24. The van der Waals surface area contributed by atoms with Crippen LogP contribution in [0.4, 0.5) is 10.1 Å². The van der Waals surface area contributed by atoms with E-state index in [0.717, 1.165) is 0 Å². The molecule has 4 rings (SSSR count). The second kappa shape index (κ2) is 9.28. The molecule has 154 valence electrons. The fraction of sp³-hybridized carbons (Fsp3) is 0.130. The number of rotatable bonds is 3. The van der Waals surface area contributed by atoms with E-state index in [0.29, 0.717) is 43.5 Å². The highest BCUT2D eigenvalue weighted by Gasteiger charge is 2.16.